The second-order valence-corrected chi connectivity index (χ2v) is 7.88. The summed E-state index contributed by atoms with van der Waals surface area (Å²) in [7, 11) is 5.08. The maximum absolute atomic E-state index is 12.8. The van der Waals surface area contributed by atoms with Gasteiger partial charge in [0.05, 0.1) is 20.8 Å². The highest BCUT2D eigenvalue weighted by Gasteiger charge is 2.22. The number of carbonyl (C=O) groups excluding carboxylic acids is 1. The molecule has 1 fully saturated rings. The van der Waals surface area contributed by atoms with Crippen molar-refractivity contribution in [3.8, 4) is 11.5 Å². The fourth-order valence-corrected chi connectivity index (χ4v) is 3.96. The Labute approximate surface area is 180 Å². The quantitative estimate of drug-likeness (QED) is 0.701. The van der Waals surface area contributed by atoms with E-state index in [0.717, 1.165) is 31.7 Å². The molecule has 0 saturated carbocycles. The molecule has 0 radical (unpaired) electrons. The van der Waals surface area contributed by atoms with E-state index in [2.05, 4.69) is 41.8 Å². The summed E-state index contributed by atoms with van der Waals surface area (Å²) >= 11 is 0. The van der Waals surface area contributed by atoms with Crippen molar-refractivity contribution in [3.63, 3.8) is 0 Å². The topological polar surface area (TPSA) is 45.2 Å². The van der Waals surface area contributed by atoms with Crippen LogP contribution in [0.2, 0.25) is 0 Å². The molecule has 0 atom stereocenters. The van der Waals surface area contributed by atoms with Crippen LogP contribution in [0.5, 0.6) is 11.5 Å². The Hall–Kier alpha value is -2.73. The smallest absolute Gasteiger partial charge is 0.236 e. The second-order valence-electron chi connectivity index (χ2n) is 7.88. The van der Waals surface area contributed by atoms with Crippen molar-refractivity contribution < 1.29 is 14.3 Å². The molecule has 6 nitrogen and oxygen atoms in total. The predicted octanol–water partition coefficient (Wildman–Crippen LogP) is 3.10. The summed E-state index contributed by atoms with van der Waals surface area (Å²) in [6.45, 7) is 8.90. The number of likely N-dealkylation sites (N-methyl/N-ethyl adjacent to an activating group) is 1. The molecule has 6 heteroatoms. The minimum atomic E-state index is 0.111. The van der Waals surface area contributed by atoms with Gasteiger partial charge in [0.25, 0.3) is 0 Å². The number of hydrogen-bond donors (Lipinski definition) is 0. The standard InChI is InChI=1S/C24H33N3O3/c1-18-8-6-10-21(19(18)2)27-14-12-26(13-15-27)17-23(28)25(3)16-20-9-7-11-22(29-4)24(20)30-5/h6-11H,12-17H2,1-5H3. The van der Waals surface area contributed by atoms with Gasteiger partial charge in [-0.25, -0.2) is 0 Å². The van der Waals surface area contributed by atoms with E-state index in [1.54, 1.807) is 19.1 Å². The highest BCUT2D eigenvalue weighted by molar-refractivity contribution is 5.78. The molecule has 0 bridgehead atoms. The summed E-state index contributed by atoms with van der Waals surface area (Å²) in [4.78, 5) is 19.2. The number of rotatable bonds is 7. The van der Waals surface area contributed by atoms with E-state index in [-0.39, 0.29) is 5.91 Å². The van der Waals surface area contributed by atoms with Crippen molar-refractivity contribution in [1.82, 2.24) is 9.80 Å². The molecule has 0 unspecified atom stereocenters. The fourth-order valence-electron chi connectivity index (χ4n) is 3.96. The minimum absolute atomic E-state index is 0.111. The highest BCUT2D eigenvalue weighted by atomic mass is 16.5. The van der Waals surface area contributed by atoms with E-state index in [4.69, 9.17) is 9.47 Å². The monoisotopic (exact) mass is 411 g/mol. The number of benzene rings is 2. The normalized spacial score (nSPS) is 14.5. The van der Waals surface area contributed by atoms with E-state index in [1.807, 2.05) is 25.2 Å². The van der Waals surface area contributed by atoms with Gasteiger partial charge in [0.15, 0.2) is 11.5 Å². The molecule has 2 aromatic carbocycles. The van der Waals surface area contributed by atoms with Gasteiger partial charge in [-0.2, -0.15) is 0 Å². The molecular weight excluding hydrogens is 378 g/mol. The summed E-state index contributed by atoms with van der Waals surface area (Å²) in [6.07, 6.45) is 0. The molecule has 1 saturated heterocycles. The number of piperazine rings is 1. The molecular formula is C24H33N3O3. The number of anilines is 1. The molecule has 3 rings (SSSR count). The van der Waals surface area contributed by atoms with Gasteiger partial charge < -0.3 is 19.3 Å². The van der Waals surface area contributed by atoms with Crippen LogP contribution in [-0.4, -0.2) is 69.7 Å². The van der Waals surface area contributed by atoms with Crippen molar-refractivity contribution in [1.29, 1.82) is 0 Å². The van der Waals surface area contributed by atoms with Crippen LogP contribution in [0.15, 0.2) is 36.4 Å². The first kappa shape index (κ1) is 22.0. The zero-order chi connectivity index (χ0) is 21.7. The summed E-state index contributed by atoms with van der Waals surface area (Å²) < 4.78 is 10.9. The van der Waals surface area contributed by atoms with Gasteiger partial charge in [0, 0.05) is 51.0 Å². The number of para-hydroxylation sites is 1. The molecule has 1 heterocycles. The van der Waals surface area contributed by atoms with Crippen LogP contribution in [0, 0.1) is 13.8 Å². The fraction of sp³-hybridized carbons (Fsp3) is 0.458. The van der Waals surface area contributed by atoms with E-state index in [9.17, 15) is 4.79 Å². The first-order chi connectivity index (χ1) is 14.4. The van der Waals surface area contributed by atoms with Gasteiger partial charge in [0.1, 0.15) is 0 Å². The zero-order valence-corrected chi connectivity index (χ0v) is 18.8. The third kappa shape index (κ3) is 4.87. The third-order valence-corrected chi connectivity index (χ3v) is 5.97. The first-order valence-electron chi connectivity index (χ1n) is 10.4. The molecule has 2 aromatic rings. The third-order valence-electron chi connectivity index (χ3n) is 5.97. The second kappa shape index (κ2) is 9.85. The van der Waals surface area contributed by atoms with E-state index < -0.39 is 0 Å². The number of hydrogen-bond acceptors (Lipinski definition) is 5. The molecule has 0 spiro atoms. The van der Waals surface area contributed by atoms with Crippen LogP contribution < -0.4 is 14.4 Å². The lowest BCUT2D eigenvalue weighted by Gasteiger charge is -2.37. The number of carbonyl (C=O) groups is 1. The van der Waals surface area contributed by atoms with Gasteiger partial charge in [-0.05, 0) is 37.1 Å². The summed E-state index contributed by atoms with van der Waals surface area (Å²) in [5.41, 5.74) is 4.91. The Morgan fingerprint density at radius 1 is 1.00 bits per heavy atom. The molecule has 30 heavy (non-hydrogen) atoms. The van der Waals surface area contributed by atoms with Crippen LogP contribution in [0.3, 0.4) is 0 Å². The lowest BCUT2D eigenvalue weighted by molar-refractivity contribution is -0.131. The Kier molecular flexibility index (Phi) is 7.21. The van der Waals surface area contributed by atoms with Gasteiger partial charge in [-0.1, -0.05) is 24.3 Å². The van der Waals surface area contributed by atoms with Crippen molar-refractivity contribution in [3.05, 3.63) is 53.1 Å². The van der Waals surface area contributed by atoms with E-state index >= 15 is 0 Å². The Balaban J connectivity index is 1.55. The van der Waals surface area contributed by atoms with Crippen molar-refractivity contribution in [2.75, 3.05) is 58.9 Å². The summed E-state index contributed by atoms with van der Waals surface area (Å²) in [5, 5.41) is 0. The van der Waals surface area contributed by atoms with Crippen molar-refractivity contribution in [2.24, 2.45) is 0 Å². The van der Waals surface area contributed by atoms with Gasteiger partial charge in [-0.15, -0.1) is 0 Å². The lowest BCUT2D eigenvalue weighted by atomic mass is 10.1. The van der Waals surface area contributed by atoms with E-state index in [0.29, 0.717) is 24.6 Å². The van der Waals surface area contributed by atoms with Crippen LogP contribution in [0.25, 0.3) is 0 Å². The van der Waals surface area contributed by atoms with Gasteiger partial charge in [0.2, 0.25) is 5.91 Å². The SMILES string of the molecule is COc1cccc(CN(C)C(=O)CN2CCN(c3cccc(C)c3C)CC2)c1OC. The van der Waals surface area contributed by atoms with Gasteiger partial charge >= 0.3 is 0 Å². The van der Waals surface area contributed by atoms with Crippen LogP contribution in [0.1, 0.15) is 16.7 Å². The molecule has 1 aliphatic rings. The van der Waals surface area contributed by atoms with Crippen molar-refractivity contribution in [2.45, 2.75) is 20.4 Å². The van der Waals surface area contributed by atoms with Crippen LogP contribution in [-0.2, 0) is 11.3 Å². The molecule has 162 valence electrons. The molecule has 0 N–H and O–H groups in total. The minimum Gasteiger partial charge on any atom is -0.493 e. The molecule has 1 aliphatic heterocycles. The Morgan fingerprint density at radius 2 is 1.70 bits per heavy atom. The largest absolute Gasteiger partial charge is 0.493 e. The molecule has 0 aliphatic carbocycles. The summed E-state index contributed by atoms with van der Waals surface area (Å²) in [6, 6.07) is 12.2. The maximum atomic E-state index is 12.8. The number of nitrogens with zero attached hydrogens (tertiary/aromatic N) is 3. The van der Waals surface area contributed by atoms with Gasteiger partial charge in [-0.3, -0.25) is 9.69 Å². The number of aryl methyl sites for hydroxylation is 1. The van der Waals surface area contributed by atoms with Crippen LogP contribution in [0.4, 0.5) is 5.69 Å². The average Bonchev–Trinajstić information content (AvgIpc) is 2.76. The first-order valence-corrected chi connectivity index (χ1v) is 10.4. The highest BCUT2D eigenvalue weighted by Crippen LogP contribution is 2.31. The zero-order valence-electron chi connectivity index (χ0n) is 18.8. The Bertz CT molecular complexity index is 876. The lowest BCUT2D eigenvalue weighted by Crippen LogP contribution is -2.49. The average molecular weight is 412 g/mol. The number of methoxy groups -OCH3 is 2. The Morgan fingerprint density at radius 3 is 2.37 bits per heavy atom. The predicted molar refractivity (Wildman–Crippen MR) is 121 cm³/mol. The molecule has 1 amide bonds. The van der Waals surface area contributed by atoms with Crippen LogP contribution >= 0.6 is 0 Å². The van der Waals surface area contributed by atoms with Crippen molar-refractivity contribution >= 4 is 11.6 Å². The molecule has 0 aromatic heterocycles. The number of amides is 1. The summed E-state index contributed by atoms with van der Waals surface area (Å²) in [5.74, 6) is 1.47. The number of ether oxygens (including phenoxy) is 2. The maximum Gasteiger partial charge on any atom is 0.236 e. The van der Waals surface area contributed by atoms with E-state index in [1.165, 1.54) is 16.8 Å².